The highest BCUT2D eigenvalue weighted by Crippen LogP contribution is 2.29. The Balaban J connectivity index is 1.39. The summed E-state index contributed by atoms with van der Waals surface area (Å²) in [5.41, 5.74) is 0.884. The van der Waals surface area contributed by atoms with E-state index in [1.54, 1.807) is 13.4 Å². The number of carbonyl (C=O) groups excluding carboxylic acids is 1. The molecule has 156 valence electrons. The molecule has 0 radical (unpaired) electrons. The molecule has 0 spiro atoms. The highest BCUT2D eigenvalue weighted by molar-refractivity contribution is 5.93. The highest BCUT2D eigenvalue weighted by Gasteiger charge is 2.33. The molecule has 7 heteroatoms. The average Bonchev–Trinajstić information content (AvgIpc) is 3.27. The fraction of sp³-hybridized carbons (Fsp3) is 0.348. The predicted octanol–water partition coefficient (Wildman–Crippen LogP) is 3.19. The largest absolute Gasteiger partial charge is 0.497 e. The minimum absolute atomic E-state index is 0.000948. The molecule has 0 aliphatic carbocycles. The molecular formula is C23H26N4O3. The van der Waals surface area contributed by atoms with Crippen LogP contribution in [0.25, 0.3) is 10.9 Å². The number of para-hydroxylation sites is 1. The first-order valence-corrected chi connectivity index (χ1v) is 10.2. The van der Waals surface area contributed by atoms with Crippen LogP contribution in [-0.2, 0) is 4.79 Å². The predicted molar refractivity (Wildman–Crippen MR) is 116 cm³/mol. The quantitative estimate of drug-likeness (QED) is 0.649. The Morgan fingerprint density at radius 3 is 2.73 bits per heavy atom. The van der Waals surface area contributed by atoms with E-state index in [2.05, 4.69) is 20.2 Å². The normalized spacial score (nSPS) is 17.0. The number of hydrogen-bond donors (Lipinski definition) is 1. The molecule has 4 rings (SSSR count). The zero-order valence-electron chi connectivity index (χ0n) is 17.2. The molecule has 1 saturated heterocycles. The van der Waals surface area contributed by atoms with E-state index < -0.39 is 0 Å². The Morgan fingerprint density at radius 1 is 1.17 bits per heavy atom. The van der Waals surface area contributed by atoms with Gasteiger partial charge in [-0.15, -0.1) is 0 Å². The second-order valence-corrected chi connectivity index (χ2v) is 7.46. The number of anilines is 1. The van der Waals surface area contributed by atoms with Crippen molar-refractivity contribution in [2.75, 3.05) is 25.2 Å². The van der Waals surface area contributed by atoms with Crippen LogP contribution in [0, 0.1) is 0 Å². The van der Waals surface area contributed by atoms with Crippen LogP contribution in [0.3, 0.4) is 0 Å². The average molecular weight is 406 g/mol. The SMILES string of the molecule is COc1ccc(OC[C@H](C)NC(=O)[C@@H]2CCCN2c2ncnc3ccccc23)cc1. The van der Waals surface area contributed by atoms with Crippen molar-refractivity contribution in [3.05, 3.63) is 54.9 Å². The Kier molecular flexibility index (Phi) is 5.97. The topological polar surface area (TPSA) is 76.6 Å². The standard InChI is InChI=1S/C23H26N4O3/c1-16(14-30-18-11-9-17(29-2)10-12-18)26-23(28)21-8-5-13-27(21)22-19-6-3-4-7-20(19)24-15-25-22/h3-4,6-7,9-12,15-16,21H,5,8,13-14H2,1-2H3,(H,26,28)/t16-,21-/m0/s1. The van der Waals surface area contributed by atoms with Crippen molar-refractivity contribution in [1.82, 2.24) is 15.3 Å². The summed E-state index contributed by atoms with van der Waals surface area (Å²) in [4.78, 5) is 23.9. The zero-order chi connectivity index (χ0) is 20.9. The molecule has 1 fully saturated rings. The molecule has 1 aliphatic rings. The summed E-state index contributed by atoms with van der Waals surface area (Å²) in [6, 6.07) is 14.9. The lowest BCUT2D eigenvalue weighted by atomic mass is 10.1. The molecule has 1 amide bonds. The Hall–Kier alpha value is -3.35. The van der Waals surface area contributed by atoms with E-state index in [1.165, 1.54) is 0 Å². The first-order valence-electron chi connectivity index (χ1n) is 10.2. The monoisotopic (exact) mass is 406 g/mol. The van der Waals surface area contributed by atoms with Crippen LogP contribution in [0.2, 0.25) is 0 Å². The first kappa shape index (κ1) is 19.9. The molecular weight excluding hydrogens is 380 g/mol. The van der Waals surface area contributed by atoms with E-state index in [1.807, 2.05) is 55.5 Å². The molecule has 0 unspecified atom stereocenters. The van der Waals surface area contributed by atoms with Gasteiger partial charge >= 0.3 is 0 Å². The molecule has 1 N–H and O–H groups in total. The van der Waals surface area contributed by atoms with E-state index in [-0.39, 0.29) is 18.0 Å². The molecule has 2 atom stereocenters. The van der Waals surface area contributed by atoms with Gasteiger partial charge in [0, 0.05) is 11.9 Å². The van der Waals surface area contributed by atoms with E-state index in [0.717, 1.165) is 47.6 Å². The van der Waals surface area contributed by atoms with Crippen molar-refractivity contribution in [3.8, 4) is 11.5 Å². The molecule has 2 aromatic carbocycles. The number of methoxy groups -OCH3 is 1. The summed E-state index contributed by atoms with van der Waals surface area (Å²) in [5, 5.41) is 4.06. The number of rotatable bonds is 7. The van der Waals surface area contributed by atoms with E-state index in [4.69, 9.17) is 9.47 Å². The summed E-state index contributed by atoms with van der Waals surface area (Å²) in [5.74, 6) is 2.34. The zero-order valence-corrected chi connectivity index (χ0v) is 17.2. The molecule has 0 bridgehead atoms. The number of amides is 1. The van der Waals surface area contributed by atoms with Crippen LogP contribution in [0.4, 0.5) is 5.82 Å². The lowest BCUT2D eigenvalue weighted by Gasteiger charge is -2.27. The second-order valence-electron chi connectivity index (χ2n) is 7.46. The summed E-state index contributed by atoms with van der Waals surface area (Å²) >= 11 is 0. The van der Waals surface area contributed by atoms with Gasteiger partial charge in [-0.1, -0.05) is 12.1 Å². The molecule has 3 aromatic rings. The second kappa shape index (κ2) is 8.98. The van der Waals surface area contributed by atoms with Gasteiger partial charge in [-0.05, 0) is 56.2 Å². The van der Waals surface area contributed by atoms with E-state index >= 15 is 0 Å². The molecule has 1 aromatic heterocycles. The Bertz CT molecular complexity index is 1000. The number of benzene rings is 2. The summed E-state index contributed by atoms with van der Waals surface area (Å²) in [6.45, 7) is 3.14. The van der Waals surface area contributed by atoms with Crippen LogP contribution >= 0.6 is 0 Å². The van der Waals surface area contributed by atoms with Crippen LogP contribution in [-0.4, -0.2) is 48.2 Å². The van der Waals surface area contributed by atoms with Gasteiger partial charge in [0.2, 0.25) is 5.91 Å². The lowest BCUT2D eigenvalue weighted by molar-refractivity contribution is -0.123. The van der Waals surface area contributed by atoms with Crippen molar-refractivity contribution in [1.29, 1.82) is 0 Å². The van der Waals surface area contributed by atoms with Crippen molar-refractivity contribution >= 4 is 22.6 Å². The molecule has 30 heavy (non-hydrogen) atoms. The highest BCUT2D eigenvalue weighted by atomic mass is 16.5. The maximum Gasteiger partial charge on any atom is 0.243 e. The fourth-order valence-electron chi connectivity index (χ4n) is 3.79. The number of nitrogens with one attached hydrogen (secondary N) is 1. The molecule has 7 nitrogen and oxygen atoms in total. The van der Waals surface area contributed by atoms with Gasteiger partial charge in [0.15, 0.2) is 0 Å². The molecule has 1 aliphatic heterocycles. The van der Waals surface area contributed by atoms with Crippen molar-refractivity contribution in [3.63, 3.8) is 0 Å². The molecule has 0 saturated carbocycles. The van der Waals surface area contributed by atoms with Gasteiger partial charge in [-0.25, -0.2) is 9.97 Å². The van der Waals surface area contributed by atoms with Crippen LogP contribution < -0.4 is 19.7 Å². The van der Waals surface area contributed by atoms with Crippen LogP contribution in [0.15, 0.2) is 54.9 Å². The Morgan fingerprint density at radius 2 is 1.93 bits per heavy atom. The number of nitrogens with zero attached hydrogens (tertiary/aromatic N) is 3. The smallest absolute Gasteiger partial charge is 0.243 e. The number of fused-ring (bicyclic) bond motifs is 1. The molecule has 2 heterocycles. The van der Waals surface area contributed by atoms with Gasteiger partial charge in [0.25, 0.3) is 0 Å². The maximum absolute atomic E-state index is 13.0. The summed E-state index contributed by atoms with van der Waals surface area (Å²) in [7, 11) is 1.63. The summed E-state index contributed by atoms with van der Waals surface area (Å²) < 4.78 is 10.9. The summed E-state index contributed by atoms with van der Waals surface area (Å²) in [6.07, 6.45) is 3.32. The Labute approximate surface area is 176 Å². The van der Waals surface area contributed by atoms with E-state index in [0.29, 0.717) is 6.61 Å². The minimum atomic E-state index is -0.244. The number of aromatic nitrogens is 2. The van der Waals surface area contributed by atoms with Crippen molar-refractivity contribution in [2.24, 2.45) is 0 Å². The number of ether oxygens (including phenoxy) is 2. The minimum Gasteiger partial charge on any atom is -0.497 e. The maximum atomic E-state index is 13.0. The van der Waals surface area contributed by atoms with Gasteiger partial charge in [-0.3, -0.25) is 4.79 Å². The number of carbonyl (C=O) groups is 1. The van der Waals surface area contributed by atoms with Crippen molar-refractivity contribution < 1.29 is 14.3 Å². The third kappa shape index (κ3) is 4.30. The lowest BCUT2D eigenvalue weighted by Crippen LogP contribution is -2.48. The first-order chi connectivity index (χ1) is 14.7. The van der Waals surface area contributed by atoms with Gasteiger partial charge in [0.1, 0.15) is 36.3 Å². The number of hydrogen-bond acceptors (Lipinski definition) is 6. The third-order valence-corrected chi connectivity index (χ3v) is 5.30. The van der Waals surface area contributed by atoms with Gasteiger partial charge in [0.05, 0.1) is 18.7 Å². The third-order valence-electron chi connectivity index (χ3n) is 5.30. The van der Waals surface area contributed by atoms with Gasteiger partial charge < -0.3 is 19.7 Å². The van der Waals surface area contributed by atoms with Crippen LogP contribution in [0.5, 0.6) is 11.5 Å². The van der Waals surface area contributed by atoms with Crippen LogP contribution in [0.1, 0.15) is 19.8 Å². The van der Waals surface area contributed by atoms with E-state index in [9.17, 15) is 4.79 Å². The van der Waals surface area contributed by atoms with Gasteiger partial charge in [-0.2, -0.15) is 0 Å². The fourth-order valence-corrected chi connectivity index (χ4v) is 3.79. The van der Waals surface area contributed by atoms with Crippen molar-refractivity contribution in [2.45, 2.75) is 31.8 Å².